The van der Waals surface area contributed by atoms with E-state index in [0.29, 0.717) is 17.2 Å². The maximum absolute atomic E-state index is 12.9. The highest BCUT2D eigenvalue weighted by molar-refractivity contribution is 6.28. The summed E-state index contributed by atoms with van der Waals surface area (Å²) in [6.45, 7) is 22.5. The first kappa shape index (κ1) is 44.3. The fourth-order valence-electron chi connectivity index (χ4n) is 10.9. The summed E-state index contributed by atoms with van der Waals surface area (Å²) in [5.41, 5.74) is 15.6. The summed E-state index contributed by atoms with van der Waals surface area (Å²) in [6, 6.07) is 43.2. The minimum atomic E-state index is 0.00389. The number of hydrogen-bond acceptors (Lipinski definition) is 5. The Hall–Kier alpha value is -7.24. The van der Waals surface area contributed by atoms with Gasteiger partial charge in [0.05, 0.1) is 28.1 Å². The van der Waals surface area contributed by atoms with Crippen LogP contribution in [0.15, 0.2) is 154 Å². The molecule has 69 heavy (non-hydrogen) atoms. The number of para-hydroxylation sites is 3. The highest BCUT2D eigenvalue weighted by Crippen LogP contribution is 2.57. The molecule has 1 N–H and O–H groups in total. The van der Waals surface area contributed by atoms with Crippen LogP contribution in [0.2, 0.25) is 0 Å². The summed E-state index contributed by atoms with van der Waals surface area (Å²) in [5, 5.41) is 18.0. The van der Waals surface area contributed by atoms with Gasteiger partial charge < -0.3 is 23.7 Å². The van der Waals surface area contributed by atoms with Gasteiger partial charge in [0.15, 0.2) is 11.2 Å². The van der Waals surface area contributed by atoms with Gasteiger partial charge in [-0.3, -0.25) is 0 Å². The summed E-state index contributed by atoms with van der Waals surface area (Å²) >= 11 is 0. The largest absolute Gasteiger partial charge is 0.505 e. The number of aryl methyl sites for hydroxylation is 4. The minimum Gasteiger partial charge on any atom is -0.505 e. The van der Waals surface area contributed by atoms with Crippen molar-refractivity contribution in [1.29, 1.82) is 0 Å². The highest BCUT2D eigenvalue weighted by atomic mass is 16.3. The quantitative estimate of drug-likeness (QED) is 0.162. The second kappa shape index (κ2) is 16.5. The zero-order valence-corrected chi connectivity index (χ0v) is 41.7. The van der Waals surface area contributed by atoms with E-state index in [1.54, 1.807) is 0 Å². The number of phenolic OH excluding ortho intramolecular Hbond substituents is 1. The third-order valence-corrected chi connectivity index (χ3v) is 15.2. The highest BCUT2D eigenvalue weighted by Gasteiger charge is 2.36. The van der Waals surface area contributed by atoms with E-state index in [2.05, 4.69) is 213 Å². The summed E-state index contributed by atoms with van der Waals surface area (Å²) < 4.78 is 14.6. The lowest BCUT2D eigenvalue weighted by atomic mass is 9.74. The molecule has 11 rings (SSSR count). The Labute approximate surface area is 406 Å². The molecule has 2 heterocycles. The van der Waals surface area contributed by atoms with Gasteiger partial charge in [-0.15, -0.1) is 0 Å². The summed E-state index contributed by atoms with van der Waals surface area (Å²) in [4.78, 5) is 4.65. The van der Waals surface area contributed by atoms with Gasteiger partial charge in [0.2, 0.25) is 0 Å². The molecule has 2 atom stereocenters. The molecule has 2 unspecified atom stereocenters. The SMILES string of the molecule is Cc1ccc(N(c2cccc(C3=CC(C(C)(C)C)CC=C3)c2O)c2c3ccccc3c(N(c3ccc(C)c(C)c3)c3cccc4c5c(oc34)C(C(C)(C)C)CC=C5)c3c2oc2ccccc23)cc1C. The van der Waals surface area contributed by atoms with Crippen LogP contribution in [-0.2, 0) is 0 Å². The van der Waals surface area contributed by atoms with Gasteiger partial charge in [-0.1, -0.05) is 151 Å². The van der Waals surface area contributed by atoms with Gasteiger partial charge in [0, 0.05) is 50.0 Å². The number of fused-ring (bicyclic) bond motifs is 7. The third-order valence-electron chi connectivity index (χ3n) is 15.2. The van der Waals surface area contributed by atoms with Crippen LogP contribution in [0.1, 0.15) is 99.4 Å². The predicted molar refractivity (Wildman–Crippen MR) is 292 cm³/mol. The fraction of sp³-hybridized carbons (Fsp3) is 0.250. The van der Waals surface area contributed by atoms with Gasteiger partial charge in [-0.25, -0.2) is 0 Å². The number of allylic oxidation sites excluding steroid dienone is 5. The van der Waals surface area contributed by atoms with Crippen LogP contribution in [0.25, 0.3) is 55.3 Å². The molecule has 346 valence electrons. The van der Waals surface area contributed by atoms with E-state index in [1.807, 2.05) is 18.2 Å². The Bertz CT molecular complexity index is 3620. The maximum Gasteiger partial charge on any atom is 0.162 e. The molecule has 9 aromatic rings. The van der Waals surface area contributed by atoms with E-state index in [4.69, 9.17) is 8.83 Å². The summed E-state index contributed by atoms with van der Waals surface area (Å²) in [5.74, 6) is 1.82. The van der Waals surface area contributed by atoms with Crippen molar-refractivity contribution >= 4 is 89.5 Å². The third kappa shape index (κ3) is 7.37. The smallest absolute Gasteiger partial charge is 0.162 e. The molecule has 0 fully saturated rings. The number of furan rings is 2. The van der Waals surface area contributed by atoms with Crippen LogP contribution in [0.3, 0.4) is 0 Å². The number of rotatable bonds is 7. The molecule has 0 spiro atoms. The van der Waals surface area contributed by atoms with E-state index < -0.39 is 0 Å². The molecule has 7 aromatic carbocycles. The van der Waals surface area contributed by atoms with Crippen molar-refractivity contribution in [3.63, 3.8) is 0 Å². The molecule has 2 aliphatic rings. The zero-order valence-electron chi connectivity index (χ0n) is 41.7. The second-order valence-electron chi connectivity index (χ2n) is 21.7. The van der Waals surface area contributed by atoms with E-state index in [9.17, 15) is 5.11 Å². The van der Waals surface area contributed by atoms with Crippen LogP contribution in [0.4, 0.5) is 34.1 Å². The van der Waals surface area contributed by atoms with Crippen LogP contribution >= 0.6 is 0 Å². The lowest BCUT2D eigenvalue weighted by Gasteiger charge is -2.32. The first-order valence-corrected chi connectivity index (χ1v) is 24.6. The number of nitrogens with zero attached hydrogens (tertiary/aromatic N) is 2. The van der Waals surface area contributed by atoms with E-state index in [-0.39, 0.29) is 22.5 Å². The van der Waals surface area contributed by atoms with Gasteiger partial charge in [-0.2, -0.15) is 0 Å². The molecule has 2 aromatic heterocycles. The number of hydrogen-bond donors (Lipinski definition) is 1. The van der Waals surface area contributed by atoms with Crippen molar-refractivity contribution < 1.29 is 13.9 Å². The van der Waals surface area contributed by atoms with E-state index >= 15 is 0 Å². The molecule has 0 saturated heterocycles. The van der Waals surface area contributed by atoms with Crippen LogP contribution in [-0.4, -0.2) is 5.11 Å². The molecular formula is C64H62N2O3. The van der Waals surface area contributed by atoms with Crippen molar-refractivity contribution in [2.45, 2.75) is 88.0 Å². The summed E-state index contributed by atoms with van der Waals surface area (Å²) in [7, 11) is 0. The first-order chi connectivity index (χ1) is 33.1. The second-order valence-corrected chi connectivity index (χ2v) is 21.7. The Kier molecular flexibility index (Phi) is 10.6. The normalized spacial score (nSPS) is 16.2. The Morgan fingerprint density at radius 3 is 1.80 bits per heavy atom. The Morgan fingerprint density at radius 2 is 1.13 bits per heavy atom. The molecule has 0 saturated carbocycles. The molecule has 0 aliphatic heterocycles. The van der Waals surface area contributed by atoms with Gasteiger partial charge in [0.1, 0.15) is 17.1 Å². The standard InChI is InChI=1S/C64H62N2O3/c1-38-31-33-44(35-40(38)3)65(53-28-17-24-46(59(53)67)42-19-15-20-43(37-42)63(5,6)7)58-48-22-12-11-21-47(48)57(56-51-23-13-14-30-55(51)68-62(56)58)66(45-34-32-39(2)41(4)36-45)54-29-18-26-50-49-25-16-27-52(64(8,9)10)60(49)69-61(50)54/h11-19,21-26,28-37,43,52,67H,20,27H2,1-10H3. The number of anilines is 6. The number of benzene rings is 7. The molecular weight excluding hydrogens is 845 g/mol. The van der Waals surface area contributed by atoms with E-state index in [0.717, 1.165) is 107 Å². The average molecular weight is 907 g/mol. The van der Waals surface area contributed by atoms with Gasteiger partial charge >= 0.3 is 0 Å². The van der Waals surface area contributed by atoms with Crippen molar-refractivity contribution in [1.82, 2.24) is 0 Å². The summed E-state index contributed by atoms with van der Waals surface area (Å²) in [6.07, 6.45) is 13.2. The van der Waals surface area contributed by atoms with Crippen LogP contribution in [0.5, 0.6) is 5.75 Å². The minimum absolute atomic E-state index is 0.00389. The lowest BCUT2D eigenvalue weighted by molar-refractivity contribution is 0.283. The lowest BCUT2D eigenvalue weighted by Crippen LogP contribution is -2.19. The molecule has 0 amide bonds. The molecule has 2 aliphatic carbocycles. The first-order valence-electron chi connectivity index (χ1n) is 24.6. The Morgan fingerprint density at radius 1 is 0.536 bits per heavy atom. The fourth-order valence-corrected chi connectivity index (χ4v) is 10.9. The van der Waals surface area contributed by atoms with Gasteiger partial charge in [0.25, 0.3) is 0 Å². The van der Waals surface area contributed by atoms with Crippen molar-refractivity contribution in [2.24, 2.45) is 16.7 Å². The monoisotopic (exact) mass is 906 g/mol. The van der Waals surface area contributed by atoms with Crippen LogP contribution in [0, 0.1) is 44.4 Å². The number of phenols is 1. The van der Waals surface area contributed by atoms with Crippen molar-refractivity contribution in [3.8, 4) is 5.75 Å². The molecule has 5 nitrogen and oxygen atoms in total. The molecule has 5 heteroatoms. The molecule has 0 bridgehead atoms. The van der Waals surface area contributed by atoms with Gasteiger partial charge in [-0.05, 0) is 128 Å². The average Bonchev–Trinajstić information content (AvgIpc) is 3.91. The number of aromatic hydroxyl groups is 1. The maximum atomic E-state index is 12.9. The topological polar surface area (TPSA) is 53.0 Å². The zero-order chi connectivity index (χ0) is 48.1. The predicted octanol–water partition coefficient (Wildman–Crippen LogP) is 18.9. The van der Waals surface area contributed by atoms with Crippen molar-refractivity contribution in [3.05, 3.63) is 185 Å². The van der Waals surface area contributed by atoms with E-state index in [1.165, 1.54) is 16.7 Å². The van der Waals surface area contributed by atoms with Crippen molar-refractivity contribution in [2.75, 3.05) is 9.80 Å². The molecule has 0 radical (unpaired) electrons. The Balaban J connectivity index is 1.26. The van der Waals surface area contributed by atoms with Crippen LogP contribution < -0.4 is 9.80 Å².